The molecule has 30 heavy (non-hydrogen) atoms. The van der Waals surface area contributed by atoms with E-state index in [0.29, 0.717) is 33.1 Å². The molecule has 4 rings (SSSR count). The number of hydrogen-bond acceptors (Lipinski definition) is 5. The number of rotatable bonds is 5. The van der Waals surface area contributed by atoms with Gasteiger partial charge >= 0.3 is 0 Å². The smallest absolute Gasteiger partial charge is 0.264 e. The SMILES string of the molecule is CCOc1ccc(C=C2SC(=Nc3cc(Cl)ccc3OC)NC2=O)c2ccccc12. The van der Waals surface area contributed by atoms with E-state index in [0.717, 1.165) is 22.1 Å². The highest BCUT2D eigenvalue weighted by molar-refractivity contribution is 8.18. The fourth-order valence-corrected chi connectivity index (χ4v) is 4.18. The van der Waals surface area contributed by atoms with E-state index < -0.39 is 0 Å². The largest absolute Gasteiger partial charge is 0.494 e. The van der Waals surface area contributed by atoms with Crippen LogP contribution >= 0.6 is 23.4 Å². The van der Waals surface area contributed by atoms with E-state index in [9.17, 15) is 4.79 Å². The average Bonchev–Trinajstić information content (AvgIpc) is 3.09. The number of methoxy groups -OCH3 is 1. The molecule has 0 radical (unpaired) electrons. The second-order valence-corrected chi connectivity index (χ2v) is 7.90. The third-order valence-corrected chi connectivity index (χ3v) is 5.66. The Morgan fingerprint density at radius 3 is 2.63 bits per heavy atom. The van der Waals surface area contributed by atoms with E-state index in [1.165, 1.54) is 11.8 Å². The van der Waals surface area contributed by atoms with Crippen LogP contribution in [-0.4, -0.2) is 24.8 Å². The summed E-state index contributed by atoms with van der Waals surface area (Å²) in [5.74, 6) is 1.21. The van der Waals surface area contributed by atoms with Crippen LogP contribution in [0.3, 0.4) is 0 Å². The maximum Gasteiger partial charge on any atom is 0.264 e. The Kier molecular flexibility index (Phi) is 5.97. The molecular formula is C23H19ClN2O3S. The molecule has 0 spiro atoms. The van der Waals surface area contributed by atoms with Crippen molar-refractivity contribution in [2.75, 3.05) is 13.7 Å². The highest BCUT2D eigenvalue weighted by Gasteiger charge is 2.24. The summed E-state index contributed by atoms with van der Waals surface area (Å²) in [5, 5.41) is 5.85. The van der Waals surface area contributed by atoms with Crippen LogP contribution in [0.15, 0.2) is 64.5 Å². The number of hydrogen-bond donors (Lipinski definition) is 1. The van der Waals surface area contributed by atoms with E-state index in [1.807, 2.05) is 49.4 Å². The van der Waals surface area contributed by atoms with Crippen LogP contribution in [0.1, 0.15) is 12.5 Å². The first-order chi connectivity index (χ1) is 14.6. The monoisotopic (exact) mass is 438 g/mol. The number of benzene rings is 3. The first-order valence-corrected chi connectivity index (χ1v) is 10.6. The standard InChI is InChI=1S/C23H19ClN2O3S/c1-3-29-19-10-8-14(16-6-4-5-7-17(16)19)12-21-22(27)26-23(30-21)25-18-13-15(24)9-11-20(18)28-2/h4-13H,3H2,1-2H3,(H,25,26,27). The third kappa shape index (κ3) is 4.15. The van der Waals surface area contributed by atoms with Gasteiger partial charge in [-0.25, -0.2) is 4.99 Å². The molecule has 0 unspecified atom stereocenters. The Morgan fingerprint density at radius 1 is 1.10 bits per heavy atom. The highest BCUT2D eigenvalue weighted by Crippen LogP contribution is 2.35. The fraction of sp³-hybridized carbons (Fsp3) is 0.130. The molecule has 0 saturated carbocycles. The molecule has 3 aromatic rings. The number of ether oxygens (including phenoxy) is 2. The van der Waals surface area contributed by atoms with Crippen LogP contribution in [0.5, 0.6) is 11.5 Å². The van der Waals surface area contributed by atoms with E-state index in [1.54, 1.807) is 25.3 Å². The van der Waals surface area contributed by atoms with Gasteiger partial charge in [0.05, 0.1) is 18.6 Å². The van der Waals surface area contributed by atoms with Crippen molar-refractivity contribution in [3.63, 3.8) is 0 Å². The van der Waals surface area contributed by atoms with Crippen molar-refractivity contribution in [3.8, 4) is 11.5 Å². The lowest BCUT2D eigenvalue weighted by Crippen LogP contribution is -2.19. The molecule has 0 aromatic heterocycles. The van der Waals surface area contributed by atoms with Gasteiger partial charge in [0.1, 0.15) is 17.2 Å². The number of carbonyl (C=O) groups excluding carboxylic acids is 1. The number of nitrogens with one attached hydrogen (secondary N) is 1. The molecule has 1 heterocycles. The Bertz CT molecular complexity index is 1190. The van der Waals surface area contributed by atoms with E-state index >= 15 is 0 Å². The predicted octanol–water partition coefficient (Wildman–Crippen LogP) is 5.79. The summed E-state index contributed by atoms with van der Waals surface area (Å²) in [5.41, 5.74) is 1.49. The number of nitrogens with zero attached hydrogens (tertiary/aromatic N) is 1. The minimum absolute atomic E-state index is 0.197. The second kappa shape index (κ2) is 8.81. The Balaban J connectivity index is 1.69. The number of carbonyl (C=O) groups is 1. The first kappa shape index (κ1) is 20.3. The summed E-state index contributed by atoms with van der Waals surface area (Å²) in [7, 11) is 1.57. The molecule has 1 amide bonds. The Morgan fingerprint density at radius 2 is 1.87 bits per heavy atom. The van der Waals surface area contributed by atoms with E-state index in [2.05, 4.69) is 10.3 Å². The lowest BCUT2D eigenvalue weighted by Gasteiger charge is -2.09. The van der Waals surface area contributed by atoms with Gasteiger partial charge in [0.15, 0.2) is 5.17 Å². The lowest BCUT2D eigenvalue weighted by atomic mass is 10.0. The van der Waals surface area contributed by atoms with Gasteiger partial charge in [0.2, 0.25) is 0 Å². The summed E-state index contributed by atoms with van der Waals surface area (Å²) in [4.78, 5) is 17.6. The van der Waals surface area contributed by atoms with Crippen LogP contribution in [-0.2, 0) is 4.79 Å². The molecule has 3 aromatic carbocycles. The van der Waals surface area contributed by atoms with Gasteiger partial charge in [-0.2, -0.15) is 0 Å². The minimum Gasteiger partial charge on any atom is -0.494 e. The number of amides is 1. The predicted molar refractivity (Wildman–Crippen MR) is 124 cm³/mol. The molecule has 0 aliphatic carbocycles. The Hall–Kier alpha value is -2.96. The van der Waals surface area contributed by atoms with Crippen molar-refractivity contribution in [2.24, 2.45) is 4.99 Å². The van der Waals surface area contributed by atoms with E-state index in [-0.39, 0.29) is 5.91 Å². The molecule has 5 nitrogen and oxygen atoms in total. The molecule has 1 saturated heterocycles. The maximum absolute atomic E-state index is 12.5. The van der Waals surface area contributed by atoms with Gasteiger partial charge < -0.3 is 14.8 Å². The van der Waals surface area contributed by atoms with Gasteiger partial charge in [0.25, 0.3) is 5.91 Å². The zero-order valence-electron chi connectivity index (χ0n) is 16.4. The van der Waals surface area contributed by atoms with Gasteiger partial charge in [-0.05, 0) is 60.0 Å². The number of fused-ring (bicyclic) bond motifs is 1. The van der Waals surface area contributed by atoms with Crippen LogP contribution in [0.4, 0.5) is 5.69 Å². The number of halogens is 1. The normalized spacial score (nSPS) is 16.3. The van der Waals surface area contributed by atoms with Gasteiger partial charge in [-0.15, -0.1) is 0 Å². The van der Waals surface area contributed by atoms with Crippen molar-refractivity contribution in [3.05, 3.63) is 70.1 Å². The Labute approximate surface area is 183 Å². The van der Waals surface area contributed by atoms with Gasteiger partial charge in [-0.3, -0.25) is 4.79 Å². The lowest BCUT2D eigenvalue weighted by molar-refractivity contribution is -0.115. The van der Waals surface area contributed by atoms with Crippen molar-refractivity contribution < 1.29 is 14.3 Å². The maximum atomic E-state index is 12.5. The molecule has 1 N–H and O–H groups in total. The third-order valence-electron chi connectivity index (χ3n) is 4.52. The zero-order valence-corrected chi connectivity index (χ0v) is 18.0. The van der Waals surface area contributed by atoms with Crippen molar-refractivity contribution in [1.82, 2.24) is 5.32 Å². The summed E-state index contributed by atoms with van der Waals surface area (Å²) >= 11 is 7.35. The molecule has 1 aliphatic heterocycles. The topological polar surface area (TPSA) is 59.9 Å². The van der Waals surface area contributed by atoms with Gasteiger partial charge in [0, 0.05) is 10.4 Å². The van der Waals surface area contributed by atoms with Crippen molar-refractivity contribution in [2.45, 2.75) is 6.92 Å². The molecule has 0 bridgehead atoms. The molecule has 1 aliphatic rings. The highest BCUT2D eigenvalue weighted by atomic mass is 35.5. The average molecular weight is 439 g/mol. The quantitative estimate of drug-likeness (QED) is 0.512. The summed E-state index contributed by atoms with van der Waals surface area (Å²) in [6.45, 7) is 2.55. The molecule has 152 valence electrons. The van der Waals surface area contributed by atoms with Crippen LogP contribution in [0.25, 0.3) is 16.8 Å². The van der Waals surface area contributed by atoms with Crippen molar-refractivity contribution >= 4 is 57.0 Å². The summed E-state index contributed by atoms with van der Waals surface area (Å²) < 4.78 is 11.1. The first-order valence-electron chi connectivity index (χ1n) is 9.36. The van der Waals surface area contributed by atoms with Crippen LogP contribution in [0, 0.1) is 0 Å². The van der Waals surface area contributed by atoms with Gasteiger partial charge in [-0.1, -0.05) is 41.9 Å². The van der Waals surface area contributed by atoms with E-state index in [4.69, 9.17) is 21.1 Å². The van der Waals surface area contributed by atoms with Crippen molar-refractivity contribution in [1.29, 1.82) is 0 Å². The van der Waals surface area contributed by atoms with Crippen LogP contribution < -0.4 is 14.8 Å². The number of amidine groups is 1. The summed E-state index contributed by atoms with van der Waals surface area (Å²) in [6, 6.07) is 17.0. The molecule has 0 atom stereocenters. The minimum atomic E-state index is -0.197. The summed E-state index contributed by atoms with van der Waals surface area (Å²) in [6.07, 6.45) is 1.87. The molecule has 1 fully saturated rings. The zero-order chi connectivity index (χ0) is 21.1. The molecule has 7 heteroatoms. The molecular weight excluding hydrogens is 420 g/mol. The second-order valence-electron chi connectivity index (χ2n) is 6.43. The number of aliphatic imine (C=N–C) groups is 1. The van der Waals surface area contributed by atoms with Crippen LogP contribution in [0.2, 0.25) is 5.02 Å². The fourth-order valence-electron chi connectivity index (χ4n) is 3.18. The number of thioether (sulfide) groups is 1.